The molecular weight excluding hydrogens is 452 g/mol. The number of hydrogen-bond acceptors (Lipinski definition) is 4. The first-order chi connectivity index (χ1) is 16.3. The van der Waals surface area contributed by atoms with Crippen LogP contribution in [0.2, 0.25) is 5.02 Å². The predicted octanol–water partition coefficient (Wildman–Crippen LogP) is 4.82. The molecule has 2 N–H and O–H groups in total. The number of fused-ring (bicyclic) bond motifs is 3. The molecule has 180 valence electrons. The maximum Gasteiger partial charge on any atom is 0.412 e. The molecule has 1 aliphatic carbocycles. The van der Waals surface area contributed by atoms with E-state index in [1.54, 1.807) is 6.20 Å². The number of aryl methyl sites for hydroxylation is 1. The molecule has 9 heteroatoms. The summed E-state index contributed by atoms with van der Waals surface area (Å²) in [5.74, 6) is 1.19. The Morgan fingerprint density at radius 3 is 2.88 bits per heavy atom. The Balaban J connectivity index is 1.44. The second kappa shape index (κ2) is 7.99. The number of benzene rings is 1. The molecule has 6 rings (SSSR count). The summed E-state index contributed by atoms with van der Waals surface area (Å²) in [6.07, 6.45) is 7.83. The maximum atomic E-state index is 12.0. The average molecular weight is 483 g/mol. The number of aromatic nitrogens is 4. The van der Waals surface area contributed by atoms with E-state index in [2.05, 4.69) is 28.0 Å². The number of anilines is 1. The molecule has 2 unspecified atom stereocenters. The van der Waals surface area contributed by atoms with Crippen molar-refractivity contribution in [3.8, 4) is 0 Å². The SMILES string of the molecule is CC(Cn1cc(Cl)cn1)c1nc2c3c(ccc2n1C1CC2(CCNC2)C1)N(C(=O)O)C(C)CC3. The molecule has 1 spiro atoms. The van der Waals surface area contributed by atoms with Gasteiger partial charge in [-0.1, -0.05) is 18.5 Å². The monoisotopic (exact) mass is 482 g/mol. The normalized spacial score (nSPS) is 27.2. The Labute approximate surface area is 203 Å². The molecule has 0 bridgehead atoms. The molecule has 3 aromatic rings. The molecule has 1 amide bonds. The Morgan fingerprint density at radius 2 is 2.21 bits per heavy atom. The number of halogens is 1. The Kier molecular flexibility index (Phi) is 5.15. The molecule has 2 fully saturated rings. The molecule has 1 aromatic carbocycles. The van der Waals surface area contributed by atoms with Crippen molar-refractivity contribution in [2.45, 2.75) is 70.5 Å². The molecule has 1 saturated heterocycles. The first-order valence-corrected chi connectivity index (χ1v) is 12.7. The van der Waals surface area contributed by atoms with Crippen LogP contribution in [0.25, 0.3) is 11.0 Å². The van der Waals surface area contributed by atoms with Crippen molar-refractivity contribution in [3.63, 3.8) is 0 Å². The molecule has 8 nitrogen and oxygen atoms in total. The van der Waals surface area contributed by atoms with Crippen LogP contribution < -0.4 is 10.2 Å². The fourth-order valence-electron chi connectivity index (χ4n) is 6.51. The van der Waals surface area contributed by atoms with Gasteiger partial charge in [0.15, 0.2) is 0 Å². The van der Waals surface area contributed by atoms with Gasteiger partial charge in [-0.3, -0.25) is 9.58 Å². The highest BCUT2D eigenvalue weighted by atomic mass is 35.5. The number of carbonyl (C=O) groups is 1. The number of nitrogens with one attached hydrogen (secondary N) is 1. The van der Waals surface area contributed by atoms with Crippen LogP contribution in [0.1, 0.15) is 62.9 Å². The van der Waals surface area contributed by atoms with Crippen LogP contribution in [0, 0.1) is 5.41 Å². The third-order valence-corrected chi connectivity index (χ3v) is 8.42. The lowest BCUT2D eigenvalue weighted by Crippen LogP contribution is -2.41. The molecule has 2 aliphatic heterocycles. The number of nitrogens with zero attached hydrogens (tertiary/aromatic N) is 5. The van der Waals surface area contributed by atoms with E-state index in [9.17, 15) is 9.90 Å². The number of carboxylic acid groups (broad SMARTS) is 1. The minimum Gasteiger partial charge on any atom is -0.465 e. The van der Waals surface area contributed by atoms with Gasteiger partial charge in [0.05, 0.1) is 34.5 Å². The van der Waals surface area contributed by atoms with E-state index in [1.807, 2.05) is 23.9 Å². The van der Waals surface area contributed by atoms with Crippen molar-refractivity contribution < 1.29 is 9.90 Å². The van der Waals surface area contributed by atoms with Gasteiger partial charge in [0.1, 0.15) is 5.82 Å². The van der Waals surface area contributed by atoms with Gasteiger partial charge in [-0.2, -0.15) is 5.10 Å². The molecule has 0 radical (unpaired) electrons. The number of rotatable bonds is 4. The average Bonchev–Trinajstić information content (AvgIpc) is 3.50. The summed E-state index contributed by atoms with van der Waals surface area (Å²) in [5.41, 5.74) is 4.35. The van der Waals surface area contributed by atoms with Gasteiger partial charge in [-0.05, 0) is 63.1 Å². The largest absolute Gasteiger partial charge is 0.465 e. The maximum absolute atomic E-state index is 12.0. The lowest BCUT2D eigenvalue weighted by molar-refractivity contribution is 0.0838. The van der Waals surface area contributed by atoms with Crippen LogP contribution in [-0.2, 0) is 13.0 Å². The quantitative estimate of drug-likeness (QED) is 0.556. The molecule has 4 heterocycles. The molecule has 2 aromatic heterocycles. The highest BCUT2D eigenvalue weighted by molar-refractivity contribution is 6.30. The second-order valence-corrected chi connectivity index (χ2v) is 11.0. The van der Waals surface area contributed by atoms with E-state index in [0.717, 1.165) is 66.9 Å². The first kappa shape index (κ1) is 21.9. The summed E-state index contributed by atoms with van der Waals surface area (Å²) in [6.45, 7) is 7.07. The van der Waals surface area contributed by atoms with Gasteiger partial charge in [0, 0.05) is 36.3 Å². The second-order valence-electron chi connectivity index (χ2n) is 10.6. The zero-order chi connectivity index (χ0) is 23.6. The Morgan fingerprint density at radius 1 is 1.38 bits per heavy atom. The van der Waals surface area contributed by atoms with Crippen LogP contribution in [0.3, 0.4) is 0 Å². The number of imidazole rings is 1. The van der Waals surface area contributed by atoms with Gasteiger partial charge < -0.3 is 15.0 Å². The molecule has 3 aliphatic rings. The van der Waals surface area contributed by atoms with Crippen molar-refractivity contribution in [2.75, 3.05) is 18.0 Å². The summed E-state index contributed by atoms with van der Waals surface area (Å²) in [4.78, 5) is 18.8. The fourth-order valence-corrected chi connectivity index (χ4v) is 6.66. The van der Waals surface area contributed by atoms with Crippen molar-refractivity contribution in [1.29, 1.82) is 0 Å². The zero-order valence-electron chi connectivity index (χ0n) is 19.7. The van der Waals surface area contributed by atoms with Crippen LogP contribution in [0.4, 0.5) is 10.5 Å². The highest BCUT2D eigenvalue weighted by Gasteiger charge is 2.48. The molecule has 34 heavy (non-hydrogen) atoms. The van der Waals surface area contributed by atoms with Crippen molar-refractivity contribution in [1.82, 2.24) is 24.6 Å². The number of hydrogen-bond donors (Lipinski definition) is 2. The zero-order valence-corrected chi connectivity index (χ0v) is 20.4. The van der Waals surface area contributed by atoms with Gasteiger partial charge in [-0.25, -0.2) is 9.78 Å². The lowest BCUT2D eigenvalue weighted by atomic mass is 9.64. The standard InChI is InChI=1S/C25H31ClN6O2/c1-15(12-30-13-17(26)11-28-30)23-29-22-19-4-3-16(2)31(24(33)34)20(19)5-6-21(22)32(23)18-9-25(10-18)7-8-27-14-25/h5-6,11,13,15-16,18,27H,3-4,7-10,12,14H2,1-2H3,(H,33,34). The third kappa shape index (κ3) is 3.41. The Hall–Kier alpha value is -2.58. The summed E-state index contributed by atoms with van der Waals surface area (Å²) < 4.78 is 4.33. The minimum atomic E-state index is -0.897. The van der Waals surface area contributed by atoms with E-state index in [4.69, 9.17) is 16.6 Å². The van der Waals surface area contributed by atoms with E-state index in [0.29, 0.717) is 23.0 Å². The van der Waals surface area contributed by atoms with E-state index < -0.39 is 6.09 Å². The van der Waals surface area contributed by atoms with E-state index in [-0.39, 0.29) is 12.0 Å². The topological polar surface area (TPSA) is 88.2 Å². The van der Waals surface area contributed by atoms with Crippen molar-refractivity contribution in [2.24, 2.45) is 5.41 Å². The third-order valence-electron chi connectivity index (χ3n) is 8.23. The molecular formula is C25H31ClN6O2. The predicted molar refractivity (Wildman–Crippen MR) is 132 cm³/mol. The van der Waals surface area contributed by atoms with Gasteiger partial charge in [-0.15, -0.1) is 0 Å². The van der Waals surface area contributed by atoms with E-state index >= 15 is 0 Å². The number of amides is 1. The molecule has 1 saturated carbocycles. The van der Waals surface area contributed by atoms with Crippen LogP contribution >= 0.6 is 11.6 Å². The summed E-state index contributed by atoms with van der Waals surface area (Å²) in [7, 11) is 0. The minimum absolute atomic E-state index is 0.0335. The van der Waals surface area contributed by atoms with Gasteiger partial charge in [0.25, 0.3) is 0 Å². The van der Waals surface area contributed by atoms with Gasteiger partial charge >= 0.3 is 6.09 Å². The van der Waals surface area contributed by atoms with Crippen LogP contribution in [-0.4, -0.2) is 49.7 Å². The van der Waals surface area contributed by atoms with E-state index in [1.165, 1.54) is 11.3 Å². The summed E-state index contributed by atoms with van der Waals surface area (Å²) >= 11 is 6.10. The van der Waals surface area contributed by atoms with Gasteiger partial charge in [0.2, 0.25) is 0 Å². The Bertz CT molecular complexity index is 1250. The smallest absolute Gasteiger partial charge is 0.412 e. The lowest BCUT2D eigenvalue weighted by Gasteiger charge is -2.46. The van der Waals surface area contributed by atoms with Crippen molar-refractivity contribution in [3.05, 3.63) is 40.9 Å². The highest BCUT2D eigenvalue weighted by Crippen LogP contribution is 2.54. The summed E-state index contributed by atoms with van der Waals surface area (Å²) in [5, 5.41) is 18.4. The first-order valence-electron chi connectivity index (χ1n) is 12.3. The van der Waals surface area contributed by atoms with Crippen LogP contribution in [0.15, 0.2) is 24.5 Å². The fraction of sp³-hybridized carbons (Fsp3) is 0.560. The van der Waals surface area contributed by atoms with Crippen LogP contribution in [0.5, 0.6) is 0 Å². The van der Waals surface area contributed by atoms with Crippen molar-refractivity contribution >= 4 is 34.4 Å². The summed E-state index contributed by atoms with van der Waals surface area (Å²) in [6, 6.07) is 4.47. The molecule has 2 atom stereocenters.